The van der Waals surface area contributed by atoms with Gasteiger partial charge in [0.05, 0.1) is 4.90 Å². The van der Waals surface area contributed by atoms with Crippen LogP contribution in [0.5, 0.6) is 0 Å². The molecule has 6 N–H and O–H groups in total. The highest BCUT2D eigenvalue weighted by atomic mass is 32.2. The number of hydrogen-bond acceptors (Lipinski definition) is 4. The van der Waals surface area contributed by atoms with Crippen molar-refractivity contribution in [2.24, 2.45) is 5.73 Å². The molecular formula is C11H18N4O3S. The van der Waals surface area contributed by atoms with Crippen LogP contribution in [0.4, 0.5) is 10.5 Å². The van der Waals surface area contributed by atoms with Crippen LogP contribution in [0.1, 0.15) is 11.1 Å². The number of nitrogens with one attached hydrogen (secondary N) is 2. The van der Waals surface area contributed by atoms with Crippen LogP contribution in [0.15, 0.2) is 17.0 Å². The number of hydrogen-bond donors (Lipinski definition) is 4. The van der Waals surface area contributed by atoms with E-state index in [4.69, 9.17) is 11.5 Å². The summed E-state index contributed by atoms with van der Waals surface area (Å²) in [7, 11) is -3.66. The average Bonchev–Trinajstić information content (AvgIpc) is 2.29. The molecule has 0 aromatic heterocycles. The minimum Gasteiger partial charge on any atom is -0.398 e. The first kappa shape index (κ1) is 15.3. The smallest absolute Gasteiger partial charge is 0.312 e. The van der Waals surface area contributed by atoms with E-state index in [2.05, 4.69) is 10.0 Å². The first-order valence-corrected chi connectivity index (χ1v) is 7.12. The number of urea groups is 1. The van der Waals surface area contributed by atoms with E-state index in [9.17, 15) is 13.2 Å². The normalized spacial score (nSPS) is 11.3. The van der Waals surface area contributed by atoms with Gasteiger partial charge >= 0.3 is 6.03 Å². The van der Waals surface area contributed by atoms with E-state index < -0.39 is 16.1 Å². The molecule has 1 rings (SSSR count). The fourth-order valence-corrected chi connectivity index (χ4v) is 3.23. The molecule has 0 spiro atoms. The quantitative estimate of drug-likeness (QED) is 0.442. The fourth-order valence-electron chi connectivity index (χ4n) is 1.70. The van der Waals surface area contributed by atoms with Gasteiger partial charge in [0, 0.05) is 18.8 Å². The summed E-state index contributed by atoms with van der Waals surface area (Å²) in [5.41, 5.74) is 12.1. The Kier molecular flexibility index (Phi) is 4.73. The molecule has 0 saturated heterocycles. The molecule has 0 atom stereocenters. The molecule has 0 heterocycles. The van der Waals surface area contributed by atoms with Crippen molar-refractivity contribution in [1.82, 2.24) is 10.0 Å². The Morgan fingerprint density at radius 3 is 2.47 bits per heavy atom. The molecule has 0 aliphatic rings. The molecule has 19 heavy (non-hydrogen) atoms. The first-order chi connectivity index (χ1) is 8.75. The molecule has 0 aliphatic heterocycles. The molecule has 0 aliphatic carbocycles. The van der Waals surface area contributed by atoms with Gasteiger partial charge in [-0.05, 0) is 31.0 Å². The first-order valence-electron chi connectivity index (χ1n) is 5.64. The van der Waals surface area contributed by atoms with Gasteiger partial charge < -0.3 is 16.8 Å². The van der Waals surface area contributed by atoms with Gasteiger partial charge in [-0.15, -0.1) is 0 Å². The second-order valence-corrected chi connectivity index (χ2v) is 5.82. The number of sulfonamides is 1. The molecule has 0 saturated carbocycles. The number of nitrogens with two attached hydrogens (primary N) is 2. The zero-order chi connectivity index (χ0) is 14.6. The van der Waals surface area contributed by atoms with Gasteiger partial charge in [-0.2, -0.15) is 0 Å². The Bertz CT molecular complexity index is 584. The highest BCUT2D eigenvalue weighted by Gasteiger charge is 2.20. The summed E-state index contributed by atoms with van der Waals surface area (Å²) in [6.07, 6.45) is 0. The summed E-state index contributed by atoms with van der Waals surface area (Å²) in [6, 6.07) is 2.62. The van der Waals surface area contributed by atoms with E-state index in [0.29, 0.717) is 16.8 Å². The topological polar surface area (TPSA) is 127 Å². The van der Waals surface area contributed by atoms with Crippen LogP contribution in [0, 0.1) is 13.8 Å². The highest BCUT2D eigenvalue weighted by Crippen LogP contribution is 2.24. The van der Waals surface area contributed by atoms with Crippen LogP contribution >= 0.6 is 0 Å². The van der Waals surface area contributed by atoms with Gasteiger partial charge in [0.15, 0.2) is 0 Å². The molecule has 0 unspecified atom stereocenters. The van der Waals surface area contributed by atoms with Crippen molar-refractivity contribution in [2.45, 2.75) is 18.7 Å². The summed E-state index contributed by atoms with van der Waals surface area (Å²) >= 11 is 0. The maximum Gasteiger partial charge on any atom is 0.312 e. The minimum absolute atomic E-state index is 0.0545. The van der Waals surface area contributed by atoms with Crippen LogP contribution in [0.2, 0.25) is 0 Å². The number of aryl methyl sites for hydroxylation is 1. The molecule has 106 valence electrons. The minimum atomic E-state index is -3.66. The van der Waals surface area contributed by atoms with Crippen molar-refractivity contribution in [1.29, 1.82) is 0 Å². The average molecular weight is 286 g/mol. The van der Waals surface area contributed by atoms with Crippen LogP contribution < -0.4 is 21.5 Å². The third kappa shape index (κ3) is 3.83. The zero-order valence-corrected chi connectivity index (χ0v) is 11.7. The summed E-state index contributed by atoms with van der Waals surface area (Å²) in [5, 5.41) is 2.30. The van der Waals surface area contributed by atoms with Gasteiger partial charge in [-0.1, -0.05) is 6.07 Å². The molecule has 1 aromatic carbocycles. The number of anilines is 1. The summed E-state index contributed by atoms with van der Waals surface area (Å²) in [4.78, 5) is 10.6. The van der Waals surface area contributed by atoms with E-state index >= 15 is 0 Å². The van der Waals surface area contributed by atoms with Gasteiger partial charge in [-0.3, -0.25) is 0 Å². The second kappa shape index (κ2) is 5.89. The maximum atomic E-state index is 12.2. The molecule has 7 nitrogen and oxygen atoms in total. The molecule has 1 aromatic rings. The number of nitrogen functional groups attached to an aromatic ring is 1. The van der Waals surface area contributed by atoms with E-state index in [1.54, 1.807) is 26.0 Å². The van der Waals surface area contributed by atoms with Gasteiger partial charge in [-0.25, -0.2) is 17.9 Å². The van der Waals surface area contributed by atoms with Crippen molar-refractivity contribution in [3.63, 3.8) is 0 Å². The van der Waals surface area contributed by atoms with Crippen molar-refractivity contribution in [2.75, 3.05) is 18.8 Å². The number of amides is 2. The largest absolute Gasteiger partial charge is 0.398 e. The van der Waals surface area contributed by atoms with Crippen LogP contribution in [-0.4, -0.2) is 27.5 Å². The van der Waals surface area contributed by atoms with E-state index in [1.165, 1.54) is 0 Å². The molecule has 2 amide bonds. The number of benzene rings is 1. The lowest BCUT2D eigenvalue weighted by Gasteiger charge is -2.13. The summed E-state index contributed by atoms with van der Waals surface area (Å²) < 4.78 is 26.7. The lowest BCUT2D eigenvalue weighted by molar-refractivity contribution is 0.249. The number of carbonyl (C=O) groups is 1. The number of rotatable bonds is 5. The molecular weight excluding hydrogens is 268 g/mol. The third-order valence-electron chi connectivity index (χ3n) is 2.63. The molecule has 8 heteroatoms. The Morgan fingerprint density at radius 1 is 1.26 bits per heavy atom. The Balaban J connectivity index is 2.89. The zero-order valence-electron chi connectivity index (χ0n) is 10.9. The SMILES string of the molecule is Cc1ccc(N)c(C)c1S(=O)(=O)NCCNC(N)=O. The van der Waals surface area contributed by atoms with E-state index in [0.717, 1.165) is 0 Å². The Morgan fingerprint density at radius 2 is 1.89 bits per heavy atom. The molecule has 0 radical (unpaired) electrons. The maximum absolute atomic E-state index is 12.2. The predicted octanol–water partition coefficient (Wildman–Crippen LogP) is -0.168. The van der Waals surface area contributed by atoms with Crippen molar-refractivity contribution >= 4 is 21.7 Å². The van der Waals surface area contributed by atoms with Gasteiger partial charge in [0.25, 0.3) is 0 Å². The standard InChI is InChI=1S/C11H18N4O3S/c1-7-3-4-9(12)8(2)10(7)19(17,18)15-6-5-14-11(13)16/h3-4,15H,5-6,12H2,1-2H3,(H3,13,14,16). The molecule has 0 fully saturated rings. The van der Waals surface area contributed by atoms with Crippen LogP contribution in [0.25, 0.3) is 0 Å². The Labute approximate surface area is 112 Å². The van der Waals surface area contributed by atoms with Crippen LogP contribution in [0.3, 0.4) is 0 Å². The predicted molar refractivity (Wildman–Crippen MR) is 73.1 cm³/mol. The number of primary amides is 1. The second-order valence-electron chi connectivity index (χ2n) is 4.11. The highest BCUT2D eigenvalue weighted by molar-refractivity contribution is 7.89. The van der Waals surface area contributed by atoms with Crippen molar-refractivity contribution < 1.29 is 13.2 Å². The van der Waals surface area contributed by atoms with Gasteiger partial charge in [0.2, 0.25) is 10.0 Å². The van der Waals surface area contributed by atoms with Crippen molar-refractivity contribution in [3.8, 4) is 0 Å². The number of carbonyl (C=O) groups excluding carboxylic acids is 1. The van der Waals surface area contributed by atoms with Gasteiger partial charge in [0.1, 0.15) is 0 Å². The lowest BCUT2D eigenvalue weighted by atomic mass is 10.1. The van der Waals surface area contributed by atoms with E-state index in [1.807, 2.05) is 0 Å². The summed E-state index contributed by atoms with van der Waals surface area (Å²) in [5.74, 6) is 0. The summed E-state index contributed by atoms with van der Waals surface area (Å²) in [6.45, 7) is 3.52. The monoisotopic (exact) mass is 286 g/mol. The Hall–Kier alpha value is -1.80. The van der Waals surface area contributed by atoms with Crippen molar-refractivity contribution in [3.05, 3.63) is 23.3 Å². The third-order valence-corrected chi connectivity index (χ3v) is 4.38. The van der Waals surface area contributed by atoms with Crippen LogP contribution in [-0.2, 0) is 10.0 Å². The lowest BCUT2D eigenvalue weighted by Crippen LogP contribution is -2.37. The fraction of sp³-hybridized carbons (Fsp3) is 0.364. The molecule has 0 bridgehead atoms. The van der Waals surface area contributed by atoms with E-state index in [-0.39, 0.29) is 18.0 Å².